The summed E-state index contributed by atoms with van der Waals surface area (Å²) >= 11 is 5.29. The number of carboxylic acids is 1. The molecule has 2 aliphatic rings. The van der Waals surface area contributed by atoms with Crippen molar-refractivity contribution < 1.29 is 9.90 Å². The number of anilines is 3. The lowest BCUT2D eigenvalue weighted by molar-refractivity contribution is -0.138. The molecule has 0 radical (unpaired) electrons. The van der Waals surface area contributed by atoms with E-state index in [4.69, 9.17) is 4.98 Å². The van der Waals surface area contributed by atoms with Gasteiger partial charge in [-0.2, -0.15) is 16.9 Å². The van der Waals surface area contributed by atoms with E-state index in [0.29, 0.717) is 12.5 Å². The molecule has 1 saturated heterocycles. The van der Waals surface area contributed by atoms with Crippen LogP contribution in [0, 0.1) is 0 Å². The molecule has 1 unspecified atom stereocenters. The Morgan fingerprint density at radius 3 is 2.89 bits per heavy atom. The van der Waals surface area contributed by atoms with Crippen molar-refractivity contribution in [3.8, 4) is 0 Å². The SMILES string of the molecule is CSCC[C@@H](C(=O)O)N(c1cnc2ccc(Br)cc2c1Nc1cnn(C2CCCN(C)C2)c1)C1CC1. The highest BCUT2D eigenvalue weighted by molar-refractivity contribution is 9.10. The summed E-state index contributed by atoms with van der Waals surface area (Å²) < 4.78 is 3.02. The van der Waals surface area contributed by atoms with Crippen molar-refractivity contribution in [2.24, 2.45) is 0 Å². The number of fused-ring (bicyclic) bond motifs is 1. The van der Waals surface area contributed by atoms with Gasteiger partial charge in [0.25, 0.3) is 0 Å². The van der Waals surface area contributed by atoms with Crippen molar-refractivity contribution >= 4 is 61.6 Å². The summed E-state index contributed by atoms with van der Waals surface area (Å²) in [6, 6.07) is 5.98. The van der Waals surface area contributed by atoms with E-state index < -0.39 is 12.0 Å². The lowest BCUT2D eigenvalue weighted by atomic mass is 10.1. The highest BCUT2D eigenvalue weighted by atomic mass is 79.9. The van der Waals surface area contributed by atoms with Crippen molar-refractivity contribution in [2.75, 3.05) is 42.4 Å². The van der Waals surface area contributed by atoms with Gasteiger partial charge in [0.1, 0.15) is 6.04 Å². The van der Waals surface area contributed by atoms with E-state index in [2.05, 4.69) is 60.1 Å². The molecule has 1 aliphatic heterocycles. The molecule has 36 heavy (non-hydrogen) atoms. The molecule has 2 atom stereocenters. The summed E-state index contributed by atoms with van der Waals surface area (Å²) in [5.41, 5.74) is 3.46. The molecule has 192 valence electrons. The average Bonchev–Trinajstić information content (AvgIpc) is 3.59. The highest BCUT2D eigenvalue weighted by Crippen LogP contribution is 2.42. The number of thioether (sulfide) groups is 1. The molecule has 2 fully saturated rings. The number of rotatable bonds is 10. The number of aromatic nitrogens is 3. The van der Waals surface area contributed by atoms with Crippen LogP contribution in [0.3, 0.4) is 0 Å². The zero-order valence-electron chi connectivity index (χ0n) is 20.7. The number of nitrogens with zero attached hydrogens (tertiary/aromatic N) is 5. The molecule has 3 heterocycles. The second-order valence-corrected chi connectivity index (χ2v) is 11.7. The second-order valence-electron chi connectivity index (χ2n) is 9.85. The Labute approximate surface area is 224 Å². The van der Waals surface area contributed by atoms with Gasteiger partial charge in [-0.15, -0.1) is 0 Å². The van der Waals surface area contributed by atoms with Crippen LogP contribution in [0.1, 0.15) is 38.1 Å². The molecule has 0 amide bonds. The minimum Gasteiger partial charge on any atom is -0.480 e. The van der Waals surface area contributed by atoms with Crippen molar-refractivity contribution in [1.82, 2.24) is 19.7 Å². The number of aliphatic carboxylic acids is 1. The Kier molecular flexibility index (Phi) is 7.73. The summed E-state index contributed by atoms with van der Waals surface area (Å²) in [4.78, 5) is 21.6. The number of hydrogen-bond acceptors (Lipinski definition) is 7. The number of carboxylic acid groups (broad SMARTS) is 1. The highest BCUT2D eigenvalue weighted by Gasteiger charge is 2.39. The maximum absolute atomic E-state index is 12.4. The molecule has 5 rings (SSSR count). The number of hydrogen-bond donors (Lipinski definition) is 2. The van der Waals surface area contributed by atoms with E-state index in [9.17, 15) is 9.90 Å². The molecule has 1 aromatic carbocycles. The zero-order valence-corrected chi connectivity index (χ0v) is 23.1. The molecule has 2 N–H and O–H groups in total. The van der Waals surface area contributed by atoms with Crippen LogP contribution in [0.25, 0.3) is 10.9 Å². The van der Waals surface area contributed by atoms with Gasteiger partial charge in [-0.25, -0.2) is 4.79 Å². The molecule has 10 heteroatoms. The lowest BCUT2D eigenvalue weighted by Crippen LogP contribution is -2.43. The van der Waals surface area contributed by atoms with Gasteiger partial charge in [0.2, 0.25) is 0 Å². The molecule has 0 bridgehead atoms. The quantitative estimate of drug-likeness (QED) is 0.335. The van der Waals surface area contributed by atoms with E-state index in [1.54, 1.807) is 11.8 Å². The Morgan fingerprint density at radius 2 is 2.17 bits per heavy atom. The standard InChI is InChI=1S/C26H33BrN6O2S/c1-31-10-3-4-20(16-31)32-15-18(13-29-32)30-25-21-12-17(27)5-8-22(21)28-14-24(25)33(19-6-7-19)23(26(34)35)9-11-36-2/h5,8,12-15,19-20,23H,3-4,6-7,9-11,16H2,1-2H3,(H,28,30)(H,34,35)/t20?,23-/m0/s1. The molecular formula is C26H33BrN6O2S. The van der Waals surface area contributed by atoms with Gasteiger partial charge >= 0.3 is 5.97 Å². The average molecular weight is 574 g/mol. The van der Waals surface area contributed by atoms with E-state index in [0.717, 1.165) is 70.5 Å². The first-order valence-electron chi connectivity index (χ1n) is 12.5. The number of benzene rings is 1. The number of likely N-dealkylation sites (tertiary alicyclic amines) is 1. The van der Waals surface area contributed by atoms with Gasteiger partial charge < -0.3 is 20.2 Å². The van der Waals surface area contributed by atoms with Crippen molar-refractivity contribution in [3.63, 3.8) is 0 Å². The molecule has 3 aromatic rings. The summed E-state index contributed by atoms with van der Waals surface area (Å²) in [6.07, 6.45) is 12.6. The first-order valence-corrected chi connectivity index (χ1v) is 14.7. The Bertz CT molecular complexity index is 1230. The van der Waals surface area contributed by atoms with Crippen molar-refractivity contribution in [3.05, 3.63) is 41.3 Å². The van der Waals surface area contributed by atoms with Crippen molar-refractivity contribution in [1.29, 1.82) is 0 Å². The van der Waals surface area contributed by atoms with Gasteiger partial charge in [0.15, 0.2) is 0 Å². The Morgan fingerprint density at radius 1 is 1.33 bits per heavy atom. The predicted molar refractivity (Wildman–Crippen MR) is 151 cm³/mol. The molecule has 1 saturated carbocycles. The summed E-state index contributed by atoms with van der Waals surface area (Å²) in [6.45, 7) is 2.12. The van der Waals surface area contributed by atoms with E-state index in [-0.39, 0.29) is 6.04 Å². The monoisotopic (exact) mass is 572 g/mol. The third-order valence-electron chi connectivity index (χ3n) is 7.09. The number of likely N-dealkylation sites (N-methyl/N-ethyl adjacent to an activating group) is 1. The van der Waals surface area contributed by atoms with Gasteiger partial charge in [0, 0.05) is 28.6 Å². The van der Waals surface area contributed by atoms with Gasteiger partial charge in [0.05, 0.1) is 41.0 Å². The first-order chi connectivity index (χ1) is 17.4. The molecular weight excluding hydrogens is 540 g/mol. The third kappa shape index (κ3) is 5.50. The van der Waals surface area contributed by atoms with Gasteiger partial charge in [-0.05, 0) is 75.9 Å². The minimum atomic E-state index is -0.787. The fraction of sp³-hybridized carbons (Fsp3) is 0.500. The van der Waals surface area contributed by atoms with Crippen LogP contribution < -0.4 is 10.2 Å². The second kappa shape index (κ2) is 11.0. The van der Waals surface area contributed by atoms with Crippen molar-refractivity contribution in [2.45, 2.75) is 50.2 Å². The maximum Gasteiger partial charge on any atom is 0.326 e. The largest absolute Gasteiger partial charge is 0.480 e. The molecule has 0 spiro atoms. The normalized spacial score (nSPS) is 19.4. The van der Waals surface area contributed by atoms with Crippen LogP contribution in [-0.2, 0) is 4.79 Å². The van der Waals surface area contributed by atoms with Gasteiger partial charge in [-0.3, -0.25) is 9.67 Å². The van der Waals surface area contributed by atoms with Crippen LogP contribution in [0.5, 0.6) is 0 Å². The van der Waals surface area contributed by atoms with E-state index >= 15 is 0 Å². The zero-order chi connectivity index (χ0) is 25.2. The summed E-state index contributed by atoms with van der Waals surface area (Å²) in [5, 5.41) is 19.5. The summed E-state index contributed by atoms with van der Waals surface area (Å²) in [7, 11) is 2.16. The first kappa shape index (κ1) is 25.4. The fourth-order valence-electron chi connectivity index (χ4n) is 5.17. The minimum absolute atomic E-state index is 0.209. The van der Waals surface area contributed by atoms with Crippen LogP contribution in [-0.4, -0.2) is 75.0 Å². The summed E-state index contributed by atoms with van der Waals surface area (Å²) in [5.74, 6) is 0.00320. The molecule has 2 aromatic heterocycles. The van der Waals surface area contributed by atoms with Crippen LogP contribution in [0.2, 0.25) is 0 Å². The van der Waals surface area contributed by atoms with Crippen LogP contribution >= 0.6 is 27.7 Å². The number of carbonyl (C=O) groups is 1. The van der Waals surface area contributed by atoms with E-state index in [1.807, 2.05) is 30.8 Å². The lowest BCUT2D eigenvalue weighted by Gasteiger charge is -2.33. The van der Waals surface area contributed by atoms with Crippen LogP contribution in [0.4, 0.5) is 17.1 Å². The number of nitrogens with one attached hydrogen (secondary N) is 1. The third-order valence-corrected chi connectivity index (χ3v) is 8.23. The number of pyridine rings is 1. The predicted octanol–water partition coefficient (Wildman–Crippen LogP) is 5.38. The smallest absolute Gasteiger partial charge is 0.326 e. The molecule has 1 aliphatic carbocycles. The maximum atomic E-state index is 12.4. The van der Waals surface area contributed by atoms with Crippen LogP contribution in [0.15, 0.2) is 41.3 Å². The fourth-order valence-corrected chi connectivity index (χ4v) is 5.99. The number of piperidine rings is 1. The molecule has 8 nitrogen and oxygen atoms in total. The van der Waals surface area contributed by atoms with Gasteiger partial charge in [-0.1, -0.05) is 15.9 Å². The Hall–Kier alpha value is -2.30. The Balaban J connectivity index is 1.55. The topological polar surface area (TPSA) is 86.5 Å². The number of halogens is 1. The van der Waals surface area contributed by atoms with E-state index in [1.165, 1.54) is 6.42 Å².